The zero-order valence-corrected chi connectivity index (χ0v) is 11.3. The second kappa shape index (κ2) is 6.65. The number of carbonyl (C=O) groups is 2. The number of halogens is 1. The summed E-state index contributed by atoms with van der Waals surface area (Å²) < 4.78 is 23.5. The van der Waals surface area contributed by atoms with Crippen molar-refractivity contribution in [2.75, 3.05) is 7.11 Å². The number of ether oxygens (including phenoxy) is 2. The van der Waals surface area contributed by atoms with Crippen LogP contribution in [0.25, 0.3) is 0 Å². The molecule has 0 aliphatic carbocycles. The van der Waals surface area contributed by atoms with Crippen LogP contribution in [-0.4, -0.2) is 18.9 Å². The molecular weight excluding hydrogens is 275 g/mol. The fraction of sp³-hybridized carbons (Fsp3) is 0.125. The maximum absolute atomic E-state index is 13.8. The first-order valence-electron chi connectivity index (χ1n) is 6.20. The molecule has 108 valence electrons. The molecule has 0 unspecified atom stereocenters. The second-order valence-electron chi connectivity index (χ2n) is 4.24. The van der Waals surface area contributed by atoms with Gasteiger partial charge in [-0.05, 0) is 17.7 Å². The van der Waals surface area contributed by atoms with Crippen LogP contribution in [0.4, 0.5) is 4.39 Å². The number of ketones is 1. The zero-order valence-electron chi connectivity index (χ0n) is 11.3. The summed E-state index contributed by atoms with van der Waals surface area (Å²) in [4.78, 5) is 22.6. The summed E-state index contributed by atoms with van der Waals surface area (Å²) in [5.41, 5.74) is 0.599. The van der Waals surface area contributed by atoms with Crippen molar-refractivity contribution in [2.24, 2.45) is 0 Å². The van der Waals surface area contributed by atoms with Crippen LogP contribution in [0.2, 0.25) is 0 Å². The van der Waals surface area contributed by atoms with E-state index in [1.54, 1.807) is 0 Å². The minimum atomic E-state index is -1.10. The first-order valence-corrected chi connectivity index (χ1v) is 6.20. The van der Waals surface area contributed by atoms with Crippen molar-refractivity contribution in [3.63, 3.8) is 0 Å². The predicted octanol–water partition coefficient (Wildman–Crippen LogP) is 2.76. The largest absolute Gasteiger partial charge is 0.489 e. The van der Waals surface area contributed by atoms with Gasteiger partial charge in [0, 0.05) is 6.07 Å². The van der Waals surface area contributed by atoms with E-state index in [0.717, 1.165) is 18.7 Å². The van der Waals surface area contributed by atoms with E-state index in [0.29, 0.717) is 0 Å². The zero-order chi connectivity index (χ0) is 15.2. The third-order valence-corrected chi connectivity index (χ3v) is 2.80. The van der Waals surface area contributed by atoms with E-state index in [4.69, 9.17) is 4.74 Å². The van der Waals surface area contributed by atoms with Gasteiger partial charge in [-0.1, -0.05) is 30.3 Å². The number of carbonyl (C=O) groups excluding carboxylic acids is 2. The number of esters is 1. The SMILES string of the molecule is COC(=O)C(=O)c1ccc(OCc2ccccc2)cc1F. The van der Waals surface area contributed by atoms with Crippen molar-refractivity contribution in [2.45, 2.75) is 6.61 Å². The van der Waals surface area contributed by atoms with E-state index in [-0.39, 0.29) is 17.9 Å². The highest BCUT2D eigenvalue weighted by Gasteiger charge is 2.20. The van der Waals surface area contributed by atoms with Gasteiger partial charge in [0.2, 0.25) is 0 Å². The first-order chi connectivity index (χ1) is 10.1. The monoisotopic (exact) mass is 288 g/mol. The van der Waals surface area contributed by atoms with Crippen molar-refractivity contribution in [1.82, 2.24) is 0 Å². The topological polar surface area (TPSA) is 52.6 Å². The summed E-state index contributed by atoms with van der Waals surface area (Å²) in [7, 11) is 1.06. The molecule has 0 aromatic heterocycles. The molecule has 0 aliphatic rings. The Morgan fingerprint density at radius 2 is 1.81 bits per heavy atom. The molecular formula is C16H13FO4. The average molecular weight is 288 g/mol. The van der Waals surface area contributed by atoms with Crippen LogP contribution in [0.1, 0.15) is 15.9 Å². The molecule has 2 aromatic rings. The van der Waals surface area contributed by atoms with E-state index < -0.39 is 17.6 Å². The van der Waals surface area contributed by atoms with Crippen LogP contribution in [0.5, 0.6) is 5.75 Å². The Bertz CT molecular complexity index is 653. The molecule has 0 saturated carbocycles. The van der Waals surface area contributed by atoms with E-state index in [2.05, 4.69) is 4.74 Å². The van der Waals surface area contributed by atoms with Gasteiger partial charge in [0.1, 0.15) is 18.2 Å². The number of rotatable bonds is 5. The Hall–Kier alpha value is -2.69. The smallest absolute Gasteiger partial charge is 0.379 e. The molecule has 0 heterocycles. The molecule has 2 aromatic carbocycles. The average Bonchev–Trinajstić information content (AvgIpc) is 2.52. The lowest BCUT2D eigenvalue weighted by Gasteiger charge is -2.08. The molecule has 5 heteroatoms. The highest BCUT2D eigenvalue weighted by molar-refractivity contribution is 6.40. The van der Waals surface area contributed by atoms with Gasteiger partial charge in [-0.2, -0.15) is 0 Å². The summed E-state index contributed by atoms with van der Waals surface area (Å²) in [5, 5.41) is 0. The van der Waals surface area contributed by atoms with Gasteiger partial charge in [0.25, 0.3) is 5.78 Å². The normalized spacial score (nSPS) is 10.0. The van der Waals surface area contributed by atoms with Crippen LogP contribution in [-0.2, 0) is 16.1 Å². The Kier molecular flexibility index (Phi) is 4.66. The summed E-state index contributed by atoms with van der Waals surface area (Å²) in [6.45, 7) is 0.282. The van der Waals surface area contributed by atoms with Crippen LogP contribution >= 0.6 is 0 Å². The minimum Gasteiger partial charge on any atom is -0.489 e. The Balaban J connectivity index is 2.09. The Morgan fingerprint density at radius 3 is 2.43 bits per heavy atom. The highest BCUT2D eigenvalue weighted by atomic mass is 19.1. The molecule has 0 spiro atoms. The Labute approximate surface area is 121 Å². The first kappa shape index (κ1) is 14.7. The molecule has 0 amide bonds. The third kappa shape index (κ3) is 3.66. The fourth-order valence-corrected chi connectivity index (χ4v) is 1.71. The van der Waals surface area contributed by atoms with Gasteiger partial charge in [0.05, 0.1) is 12.7 Å². The standard InChI is InChI=1S/C16H13FO4/c1-20-16(19)15(18)13-8-7-12(9-14(13)17)21-10-11-5-3-2-4-6-11/h2-9H,10H2,1H3. The number of hydrogen-bond donors (Lipinski definition) is 0. The van der Waals surface area contributed by atoms with Crippen molar-refractivity contribution < 1.29 is 23.5 Å². The van der Waals surface area contributed by atoms with Crippen LogP contribution in [0.15, 0.2) is 48.5 Å². The lowest BCUT2D eigenvalue weighted by Crippen LogP contribution is -2.17. The van der Waals surface area contributed by atoms with Gasteiger partial charge in [-0.15, -0.1) is 0 Å². The van der Waals surface area contributed by atoms with Crippen molar-refractivity contribution in [3.8, 4) is 5.75 Å². The van der Waals surface area contributed by atoms with Crippen molar-refractivity contribution in [3.05, 3.63) is 65.5 Å². The van der Waals surface area contributed by atoms with Gasteiger partial charge in [-0.3, -0.25) is 4.79 Å². The van der Waals surface area contributed by atoms with E-state index >= 15 is 0 Å². The van der Waals surface area contributed by atoms with Crippen LogP contribution in [0.3, 0.4) is 0 Å². The molecule has 0 radical (unpaired) electrons. The third-order valence-electron chi connectivity index (χ3n) is 2.80. The predicted molar refractivity (Wildman–Crippen MR) is 73.5 cm³/mol. The molecule has 0 saturated heterocycles. The number of benzene rings is 2. The molecule has 0 atom stereocenters. The molecule has 0 N–H and O–H groups in total. The molecule has 0 fully saturated rings. The number of methoxy groups -OCH3 is 1. The summed E-state index contributed by atoms with van der Waals surface area (Å²) in [5.74, 6) is -2.68. The maximum atomic E-state index is 13.8. The highest BCUT2D eigenvalue weighted by Crippen LogP contribution is 2.18. The maximum Gasteiger partial charge on any atom is 0.379 e. The summed E-state index contributed by atoms with van der Waals surface area (Å²) >= 11 is 0. The van der Waals surface area contributed by atoms with Gasteiger partial charge >= 0.3 is 5.97 Å². The molecule has 2 rings (SSSR count). The molecule has 4 nitrogen and oxygen atoms in total. The van der Waals surface area contributed by atoms with Gasteiger partial charge < -0.3 is 9.47 Å². The number of hydrogen-bond acceptors (Lipinski definition) is 4. The van der Waals surface area contributed by atoms with Crippen molar-refractivity contribution >= 4 is 11.8 Å². The van der Waals surface area contributed by atoms with Crippen LogP contribution in [0, 0.1) is 5.82 Å². The van der Waals surface area contributed by atoms with Crippen LogP contribution < -0.4 is 4.74 Å². The minimum absolute atomic E-state index is 0.276. The van der Waals surface area contributed by atoms with Crippen molar-refractivity contribution in [1.29, 1.82) is 0 Å². The lowest BCUT2D eigenvalue weighted by molar-refractivity contribution is -0.135. The second-order valence-corrected chi connectivity index (χ2v) is 4.24. The molecule has 21 heavy (non-hydrogen) atoms. The summed E-state index contributed by atoms with van der Waals surface area (Å²) in [6.07, 6.45) is 0. The lowest BCUT2D eigenvalue weighted by atomic mass is 10.1. The fourth-order valence-electron chi connectivity index (χ4n) is 1.71. The quantitative estimate of drug-likeness (QED) is 0.482. The van der Waals surface area contributed by atoms with E-state index in [1.807, 2.05) is 30.3 Å². The summed E-state index contributed by atoms with van der Waals surface area (Å²) in [6, 6.07) is 13.1. The number of Topliss-reactive ketones (excluding diaryl/α,β-unsaturated/α-hetero) is 1. The molecule has 0 aliphatic heterocycles. The van der Waals surface area contributed by atoms with Gasteiger partial charge in [0.15, 0.2) is 0 Å². The van der Waals surface area contributed by atoms with E-state index in [9.17, 15) is 14.0 Å². The Morgan fingerprint density at radius 1 is 1.10 bits per heavy atom. The molecule has 0 bridgehead atoms. The van der Waals surface area contributed by atoms with Gasteiger partial charge in [-0.25, -0.2) is 9.18 Å². The van der Waals surface area contributed by atoms with E-state index in [1.165, 1.54) is 12.1 Å².